The molecule has 0 N–H and O–H groups in total. The maximum atomic E-state index is 13.3. The van der Waals surface area contributed by atoms with Crippen LogP contribution in [0.2, 0.25) is 0 Å². The Balaban J connectivity index is 1.72. The topological polar surface area (TPSA) is 21.6 Å². The fraction of sp³-hybridized carbons (Fsp3) is 0. The molecule has 0 aromatic heterocycles. The highest BCUT2D eigenvalue weighted by Gasteiger charge is 2.14. The minimum Gasteiger partial charge on any atom is -0.454 e. The molecule has 4 aromatic carbocycles. The molecule has 0 saturated carbocycles. The quantitative estimate of drug-likeness (QED) is 0.120. The molecule has 32 heavy (non-hydrogen) atoms. The van der Waals surface area contributed by atoms with Crippen LogP contribution < -0.4 is 4.74 Å². The lowest BCUT2D eigenvalue weighted by atomic mass is 10.3. The lowest BCUT2D eigenvalue weighted by Gasteiger charge is -2.13. The number of hydrogen-bond acceptors (Lipinski definition) is 4. The van der Waals surface area contributed by atoms with E-state index in [1.807, 2.05) is 96.4 Å². The van der Waals surface area contributed by atoms with Crippen LogP contribution in [0.1, 0.15) is 0 Å². The van der Waals surface area contributed by atoms with Gasteiger partial charge in [-0.05, 0) is 60.7 Å². The van der Waals surface area contributed by atoms with Gasteiger partial charge in [-0.3, -0.25) is 0 Å². The van der Waals surface area contributed by atoms with Crippen LogP contribution in [-0.2, 0) is 0 Å². The number of nitrogens with zero attached hydrogens (tertiary/aromatic N) is 1. The summed E-state index contributed by atoms with van der Waals surface area (Å²) in [5.74, 6) is 1.07. The van der Waals surface area contributed by atoms with Gasteiger partial charge in [-0.15, -0.1) is 0 Å². The fourth-order valence-electron chi connectivity index (χ4n) is 2.72. The van der Waals surface area contributed by atoms with Crippen LogP contribution in [0.3, 0.4) is 0 Å². The molecule has 0 aliphatic carbocycles. The van der Waals surface area contributed by atoms with Crippen LogP contribution in [0.15, 0.2) is 141 Å². The molecule has 0 atom stereocenters. The molecule has 0 aliphatic rings. The molecule has 0 aliphatic heterocycles. The Bertz CT molecular complexity index is 1180. The minimum absolute atomic E-state index is 0.259. The third kappa shape index (κ3) is 6.61. The molecule has 0 amide bonds. The van der Waals surface area contributed by atoms with E-state index < -0.39 is 0 Å². The Morgan fingerprint density at radius 2 is 1.28 bits per heavy atom. The van der Waals surface area contributed by atoms with Crippen LogP contribution in [0.4, 0.5) is 10.1 Å². The van der Waals surface area contributed by atoms with Crippen LogP contribution >= 0.6 is 23.5 Å². The summed E-state index contributed by atoms with van der Waals surface area (Å²) in [5, 5.41) is 2.64. The van der Waals surface area contributed by atoms with E-state index in [-0.39, 0.29) is 5.82 Å². The third-order valence-corrected chi connectivity index (χ3v) is 6.11. The predicted molar refractivity (Wildman–Crippen MR) is 133 cm³/mol. The molecule has 4 aromatic rings. The number of aliphatic imine (C=N–C) groups is 1. The highest BCUT2D eigenvalue weighted by atomic mass is 32.2. The molecule has 0 heterocycles. The van der Waals surface area contributed by atoms with Gasteiger partial charge in [0.1, 0.15) is 16.6 Å². The number of hydrogen-bond donors (Lipinski definition) is 0. The highest BCUT2D eigenvalue weighted by Crippen LogP contribution is 2.31. The van der Waals surface area contributed by atoms with Crippen molar-refractivity contribution in [1.82, 2.24) is 0 Å². The summed E-state index contributed by atoms with van der Waals surface area (Å²) >= 11 is 2.99. The van der Waals surface area contributed by atoms with Gasteiger partial charge in [0.2, 0.25) is 0 Å². The van der Waals surface area contributed by atoms with Crippen molar-refractivity contribution in [3.63, 3.8) is 0 Å². The molecule has 2 nitrogen and oxygen atoms in total. The third-order valence-electron chi connectivity index (χ3n) is 4.24. The molecule has 0 radical (unpaired) electrons. The van der Waals surface area contributed by atoms with Crippen LogP contribution in [0, 0.1) is 5.82 Å². The smallest absolute Gasteiger partial charge is 0.166 e. The summed E-state index contributed by atoms with van der Waals surface area (Å²) in [4.78, 5) is 6.85. The first kappa shape index (κ1) is 21.9. The van der Waals surface area contributed by atoms with Gasteiger partial charge < -0.3 is 4.74 Å². The van der Waals surface area contributed by atoms with Crippen molar-refractivity contribution in [2.24, 2.45) is 4.99 Å². The molecule has 158 valence electrons. The second-order valence-corrected chi connectivity index (χ2v) is 8.64. The van der Waals surface area contributed by atoms with Crippen molar-refractivity contribution in [3.8, 4) is 5.75 Å². The zero-order valence-corrected chi connectivity index (χ0v) is 18.7. The Kier molecular flexibility index (Phi) is 7.79. The van der Waals surface area contributed by atoms with Gasteiger partial charge in [0.15, 0.2) is 5.76 Å². The largest absolute Gasteiger partial charge is 0.454 e. The number of rotatable bonds is 7. The molecular weight excluding hydrogens is 437 g/mol. The second kappa shape index (κ2) is 11.4. The molecule has 0 bridgehead atoms. The summed E-state index contributed by atoms with van der Waals surface area (Å²) in [7, 11) is 0. The summed E-state index contributed by atoms with van der Waals surface area (Å²) in [5.41, 5.74) is 0.834. The first-order valence-corrected chi connectivity index (χ1v) is 11.7. The van der Waals surface area contributed by atoms with Gasteiger partial charge >= 0.3 is 0 Å². The van der Waals surface area contributed by atoms with Gasteiger partial charge in [-0.2, -0.15) is 0 Å². The standard InChI is InChI=1S/C27H20FNOS2/c28-21-16-18-24(19-17-21)31-20-26(30-23-12-6-2-7-13-23)27(29-22-10-4-1-5-11-22)32-25-14-8-3-9-15-25/h1-20H/b26-20-,29-27-. The SMILES string of the molecule is Fc1ccc(S/C=C(Oc2ccccc2)/C(=N/c2ccccc2)Sc2ccccc2)cc1. The summed E-state index contributed by atoms with van der Waals surface area (Å²) in [6.45, 7) is 0. The fourth-order valence-corrected chi connectivity index (χ4v) is 4.36. The van der Waals surface area contributed by atoms with Crippen LogP contribution in [0.5, 0.6) is 5.75 Å². The Hall–Kier alpha value is -3.28. The van der Waals surface area contributed by atoms with Gasteiger partial charge in [0.25, 0.3) is 0 Å². The maximum absolute atomic E-state index is 13.3. The van der Waals surface area contributed by atoms with E-state index in [1.165, 1.54) is 35.7 Å². The van der Waals surface area contributed by atoms with Crippen LogP contribution in [0.25, 0.3) is 0 Å². The number of thioether (sulfide) groups is 2. The molecule has 0 saturated heterocycles. The van der Waals surface area contributed by atoms with E-state index in [1.54, 1.807) is 12.1 Å². The van der Waals surface area contributed by atoms with Gasteiger partial charge in [-0.25, -0.2) is 9.38 Å². The highest BCUT2D eigenvalue weighted by molar-refractivity contribution is 8.14. The van der Waals surface area contributed by atoms with Gasteiger partial charge in [-0.1, -0.05) is 78.1 Å². The van der Waals surface area contributed by atoms with Crippen molar-refractivity contribution < 1.29 is 9.13 Å². The molecule has 0 unspecified atom stereocenters. The maximum Gasteiger partial charge on any atom is 0.166 e. The molecule has 0 spiro atoms. The lowest BCUT2D eigenvalue weighted by Crippen LogP contribution is -2.06. The molecule has 5 heteroatoms. The zero-order chi connectivity index (χ0) is 22.0. The van der Waals surface area contributed by atoms with Gasteiger partial charge in [0.05, 0.1) is 5.69 Å². The molecule has 4 rings (SSSR count). The monoisotopic (exact) mass is 457 g/mol. The summed E-state index contributed by atoms with van der Waals surface area (Å²) < 4.78 is 19.6. The van der Waals surface area contributed by atoms with Crippen molar-refractivity contribution in [2.45, 2.75) is 9.79 Å². The first-order valence-electron chi connectivity index (χ1n) is 9.98. The van der Waals surface area contributed by atoms with E-state index >= 15 is 0 Å². The molecular formula is C27H20FNOS2. The minimum atomic E-state index is -0.259. The Morgan fingerprint density at radius 3 is 1.94 bits per heavy atom. The van der Waals surface area contributed by atoms with Crippen molar-refractivity contribution in [2.75, 3.05) is 0 Å². The van der Waals surface area contributed by atoms with E-state index in [4.69, 9.17) is 9.73 Å². The van der Waals surface area contributed by atoms with Gasteiger partial charge in [0, 0.05) is 15.2 Å². The number of para-hydroxylation sites is 2. The number of ether oxygens (including phenoxy) is 1. The van der Waals surface area contributed by atoms with Crippen molar-refractivity contribution in [3.05, 3.63) is 132 Å². The number of halogens is 1. The summed E-state index contributed by atoms with van der Waals surface area (Å²) in [6.07, 6.45) is 0. The van der Waals surface area contributed by atoms with E-state index in [0.29, 0.717) is 11.5 Å². The van der Waals surface area contributed by atoms with E-state index in [0.717, 1.165) is 20.5 Å². The lowest BCUT2D eigenvalue weighted by molar-refractivity contribution is 0.457. The molecule has 0 fully saturated rings. The average molecular weight is 458 g/mol. The normalized spacial score (nSPS) is 11.9. The van der Waals surface area contributed by atoms with E-state index in [2.05, 4.69) is 0 Å². The number of benzene rings is 4. The second-order valence-electron chi connectivity index (χ2n) is 6.64. The Morgan fingerprint density at radius 1 is 0.688 bits per heavy atom. The van der Waals surface area contributed by atoms with Crippen molar-refractivity contribution >= 4 is 34.3 Å². The zero-order valence-electron chi connectivity index (χ0n) is 17.1. The average Bonchev–Trinajstić information content (AvgIpc) is 2.84. The summed E-state index contributed by atoms with van der Waals surface area (Å²) in [6, 6.07) is 35.9. The Labute approximate surface area is 195 Å². The van der Waals surface area contributed by atoms with Crippen LogP contribution in [-0.4, -0.2) is 5.04 Å². The van der Waals surface area contributed by atoms with Crippen molar-refractivity contribution in [1.29, 1.82) is 0 Å². The van der Waals surface area contributed by atoms with E-state index in [9.17, 15) is 4.39 Å². The first-order chi connectivity index (χ1) is 15.8. The predicted octanol–water partition coefficient (Wildman–Crippen LogP) is 8.36.